The molecule has 4 nitrogen and oxygen atoms in total. The van der Waals surface area contributed by atoms with E-state index in [9.17, 15) is 4.57 Å². The molecule has 0 rings (SSSR count). The van der Waals surface area contributed by atoms with Gasteiger partial charge in [-0.2, -0.15) is 0 Å². The summed E-state index contributed by atoms with van der Waals surface area (Å²) in [6, 6.07) is 0. The van der Waals surface area contributed by atoms with Gasteiger partial charge >= 0.3 is 7.60 Å². The van der Waals surface area contributed by atoms with E-state index in [1.165, 1.54) is 14.2 Å². The van der Waals surface area contributed by atoms with Crippen LogP contribution >= 0.6 is 7.60 Å². The number of hydrogen-bond acceptors (Lipinski definition) is 4. The molecule has 79 valence electrons. The van der Waals surface area contributed by atoms with Crippen LogP contribution in [0, 0.1) is 6.92 Å². The molecule has 0 aromatic carbocycles. The monoisotopic (exact) mass is 209 g/mol. The average Bonchev–Trinajstić information content (AvgIpc) is 2.19. The smallest absolute Gasteiger partial charge is 0.330 e. The lowest BCUT2D eigenvalue weighted by Gasteiger charge is -2.17. The van der Waals surface area contributed by atoms with Crippen molar-refractivity contribution in [1.29, 1.82) is 0 Å². The molecule has 1 radical (unpaired) electrons. The molecule has 13 heavy (non-hydrogen) atoms. The van der Waals surface area contributed by atoms with Crippen LogP contribution in [0.2, 0.25) is 0 Å². The lowest BCUT2D eigenvalue weighted by molar-refractivity contribution is 0.100. The van der Waals surface area contributed by atoms with Crippen molar-refractivity contribution in [2.45, 2.75) is 18.9 Å². The predicted octanol–water partition coefficient (Wildman–Crippen LogP) is 2.10. The van der Waals surface area contributed by atoms with Crippen LogP contribution < -0.4 is 0 Å². The Balaban J connectivity index is 3.91. The van der Waals surface area contributed by atoms with Crippen molar-refractivity contribution in [3.05, 3.63) is 6.92 Å². The Hall–Kier alpha value is 0.110. The largest absolute Gasteiger partial charge is 0.381 e. The third-order valence-electron chi connectivity index (χ3n) is 1.94. The second-order valence-corrected chi connectivity index (χ2v) is 5.03. The van der Waals surface area contributed by atoms with Crippen LogP contribution in [0.15, 0.2) is 0 Å². The van der Waals surface area contributed by atoms with Crippen molar-refractivity contribution in [3.63, 3.8) is 0 Å². The maximum atomic E-state index is 11.6. The predicted molar refractivity (Wildman–Crippen MR) is 51.9 cm³/mol. The zero-order valence-corrected chi connectivity index (χ0v) is 9.38. The third kappa shape index (κ3) is 4.77. The molecule has 1 unspecified atom stereocenters. The molecule has 0 aromatic heterocycles. The van der Waals surface area contributed by atoms with Gasteiger partial charge < -0.3 is 13.8 Å². The summed E-state index contributed by atoms with van der Waals surface area (Å²) < 4.78 is 26.2. The Bertz CT molecular complexity index is 160. The molecule has 0 saturated carbocycles. The van der Waals surface area contributed by atoms with Crippen molar-refractivity contribution < 1.29 is 18.3 Å². The van der Waals surface area contributed by atoms with E-state index in [0.717, 1.165) is 0 Å². The van der Waals surface area contributed by atoms with Gasteiger partial charge in [-0.15, -0.1) is 0 Å². The SMILES string of the molecule is [CH2]CC(CCP(=O)(OC)OC)OC. The van der Waals surface area contributed by atoms with Crippen LogP contribution in [-0.4, -0.2) is 33.6 Å². The van der Waals surface area contributed by atoms with E-state index in [1.807, 2.05) is 0 Å². The van der Waals surface area contributed by atoms with Crippen molar-refractivity contribution in [2.24, 2.45) is 0 Å². The van der Waals surface area contributed by atoms with Gasteiger partial charge in [-0.05, 0) is 12.8 Å². The lowest BCUT2D eigenvalue weighted by Crippen LogP contribution is -2.11. The minimum Gasteiger partial charge on any atom is -0.381 e. The van der Waals surface area contributed by atoms with Crippen LogP contribution in [0.4, 0.5) is 0 Å². The van der Waals surface area contributed by atoms with E-state index in [-0.39, 0.29) is 6.10 Å². The summed E-state index contributed by atoms with van der Waals surface area (Å²) in [7, 11) is 1.51. The van der Waals surface area contributed by atoms with E-state index in [2.05, 4.69) is 6.92 Å². The molecule has 0 saturated heterocycles. The van der Waals surface area contributed by atoms with E-state index in [4.69, 9.17) is 13.8 Å². The van der Waals surface area contributed by atoms with Gasteiger partial charge in [0, 0.05) is 21.3 Å². The van der Waals surface area contributed by atoms with E-state index >= 15 is 0 Å². The fraction of sp³-hybridized carbons (Fsp3) is 0.875. The quantitative estimate of drug-likeness (QED) is 0.602. The summed E-state index contributed by atoms with van der Waals surface area (Å²) in [5, 5.41) is 0. The molecule has 0 aliphatic rings. The van der Waals surface area contributed by atoms with Gasteiger partial charge in [0.05, 0.1) is 12.3 Å². The van der Waals surface area contributed by atoms with Gasteiger partial charge in [0.1, 0.15) is 0 Å². The van der Waals surface area contributed by atoms with Crippen LogP contribution in [0.5, 0.6) is 0 Å². The standard InChI is InChI=1S/C8H18O4P/c1-5-8(10-2)6-7-13(9,11-3)12-4/h8H,1,5-7H2,2-4H3. The van der Waals surface area contributed by atoms with Gasteiger partial charge in [0.15, 0.2) is 0 Å². The number of rotatable bonds is 7. The number of methoxy groups -OCH3 is 1. The molecule has 5 heteroatoms. The molecule has 0 aromatic rings. The highest BCUT2D eigenvalue weighted by atomic mass is 31.2. The maximum absolute atomic E-state index is 11.6. The molecule has 0 aliphatic heterocycles. The van der Waals surface area contributed by atoms with E-state index in [1.54, 1.807) is 7.11 Å². The van der Waals surface area contributed by atoms with Gasteiger partial charge in [-0.25, -0.2) is 0 Å². The van der Waals surface area contributed by atoms with Gasteiger partial charge in [0.2, 0.25) is 0 Å². The Morgan fingerprint density at radius 3 is 2.15 bits per heavy atom. The Morgan fingerprint density at radius 2 is 1.85 bits per heavy atom. The van der Waals surface area contributed by atoms with Crippen LogP contribution in [0.25, 0.3) is 0 Å². The molecule has 0 spiro atoms. The molecule has 0 bridgehead atoms. The van der Waals surface area contributed by atoms with Crippen molar-refractivity contribution in [1.82, 2.24) is 0 Å². The normalized spacial score (nSPS) is 14.5. The molecular formula is C8H18O4P. The minimum absolute atomic E-state index is 0.0265. The first-order valence-electron chi connectivity index (χ1n) is 4.14. The topological polar surface area (TPSA) is 44.8 Å². The van der Waals surface area contributed by atoms with Gasteiger partial charge in [-0.1, -0.05) is 6.92 Å². The van der Waals surface area contributed by atoms with E-state index < -0.39 is 7.60 Å². The maximum Gasteiger partial charge on any atom is 0.330 e. The summed E-state index contributed by atoms with van der Waals surface area (Å²) in [4.78, 5) is 0. The summed E-state index contributed by atoms with van der Waals surface area (Å²) in [5.41, 5.74) is 0. The van der Waals surface area contributed by atoms with Crippen LogP contribution in [-0.2, 0) is 18.3 Å². The molecule has 0 fully saturated rings. The highest BCUT2D eigenvalue weighted by Crippen LogP contribution is 2.47. The Kier molecular flexibility index (Phi) is 6.60. The molecule has 0 heterocycles. The van der Waals surface area contributed by atoms with Crippen LogP contribution in [0.3, 0.4) is 0 Å². The molecular weight excluding hydrogens is 191 g/mol. The highest BCUT2D eigenvalue weighted by molar-refractivity contribution is 7.53. The first kappa shape index (κ1) is 13.1. The Labute approximate surface area is 80.1 Å². The fourth-order valence-electron chi connectivity index (χ4n) is 0.939. The molecule has 0 N–H and O–H groups in total. The van der Waals surface area contributed by atoms with Crippen molar-refractivity contribution >= 4 is 7.60 Å². The first-order chi connectivity index (χ1) is 6.11. The zero-order valence-electron chi connectivity index (χ0n) is 8.49. The summed E-state index contributed by atoms with van der Waals surface area (Å²) >= 11 is 0. The summed E-state index contributed by atoms with van der Waals surface area (Å²) in [6.07, 6.45) is 1.69. The second kappa shape index (κ2) is 6.55. The first-order valence-corrected chi connectivity index (χ1v) is 5.87. The second-order valence-electron chi connectivity index (χ2n) is 2.63. The van der Waals surface area contributed by atoms with Crippen molar-refractivity contribution in [2.75, 3.05) is 27.5 Å². The molecule has 0 amide bonds. The Morgan fingerprint density at radius 1 is 1.31 bits per heavy atom. The minimum atomic E-state index is -2.87. The van der Waals surface area contributed by atoms with E-state index in [0.29, 0.717) is 19.0 Å². The number of hydrogen-bond donors (Lipinski definition) is 0. The van der Waals surface area contributed by atoms with Crippen molar-refractivity contribution in [3.8, 4) is 0 Å². The fourth-order valence-corrected chi connectivity index (χ4v) is 2.06. The number of ether oxygens (including phenoxy) is 1. The van der Waals surface area contributed by atoms with Crippen LogP contribution in [0.1, 0.15) is 12.8 Å². The zero-order chi connectivity index (χ0) is 10.3. The highest BCUT2D eigenvalue weighted by Gasteiger charge is 2.22. The molecule has 0 aliphatic carbocycles. The molecule has 1 atom stereocenters. The van der Waals surface area contributed by atoms with Gasteiger partial charge in [-0.3, -0.25) is 4.57 Å². The van der Waals surface area contributed by atoms with Gasteiger partial charge in [0.25, 0.3) is 0 Å². The summed E-state index contributed by atoms with van der Waals surface area (Å²) in [6.45, 7) is 3.71. The third-order valence-corrected chi connectivity index (χ3v) is 3.86. The summed E-state index contributed by atoms with van der Waals surface area (Å²) in [5.74, 6) is 0. The lowest BCUT2D eigenvalue weighted by atomic mass is 10.2. The average molecular weight is 209 g/mol.